The molecule has 0 saturated carbocycles. The molecule has 0 fully saturated rings. The molecule has 0 atom stereocenters. The molecule has 0 N–H and O–H groups in total. The van der Waals surface area contributed by atoms with Gasteiger partial charge in [0.2, 0.25) is 0 Å². The summed E-state index contributed by atoms with van der Waals surface area (Å²) in [6.07, 6.45) is 0. The summed E-state index contributed by atoms with van der Waals surface area (Å²) in [4.78, 5) is 14.7. The van der Waals surface area contributed by atoms with Gasteiger partial charge in [-0.05, 0) is 11.5 Å². The molecule has 2 aromatic heterocycles. The first-order chi connectivity index (χ1) is 17.3. The van der Waals surface area contributed by atoms with Gasteiger partial charge >= 0.3 is 0 Å². The van der Waals surface area contributed by atoms with Gasteiger partial charge in [-0.1, -0.05) is 109 Å². The number of rotatable bonds is 3. The maximum absolute atomic E-state index is 4.95. The van der Waals surface area contributed by atoms with Gasteiger partial charge in [-0.2, -0.15) is 0 Å². The number of hydrogen-bond acceptors (Lipinski definition) is 4. The summed E-state index contributed by atoms with van der Waals surface area (Å²) < 4.78 is 2.60. The molecule has 2 heterocycles. The highest BCUT2D eigenvalue weighted by Gasteiger charge is 2.16. The van der Waals surface area contributed by atoms with Crippen LogP contribution in [0.25, 0.3) is 65.1 Å². The van der Waals surface area contributed by atoms with Gasteiger partial charge in [0.1, 0.15) is 0 Å². The number of aromatic nitrogens is 3. The number of fused-ring (bicyclic) bond motifs is 5. The number of benzene rings is 5. The van der Waals surface area contributed by atoms with Crippen LogP contribution in [0.2, 0.25) is 0 Å². The average molecular weight is 466 g/mol. The Hall–Kier alpha value is -4.41. The first kappa shape index (κ1) is 20.0. The van der Waals surface area contributed by atoms with Gasteiger partial charge in [0.25, 0.3) is 0 Å². The molecule has 35 heavy (non-hydrogen) atoms. The monoisotopic (exact) mass is 465 g/mol. The average Bonchev–Trinajstić information content (AvgIpc) is 3.33. The van der Waals surface area contributed by atoms with Gasteiger partial charge in [0.05, 0.1) is 0 Å². The van der Waals surface area contributed by atoms with Crippen molar-refractivity contribution in [3.8, 4) is 34.2 Å². The summed E-state index contributed by atoms with van der Waals surface area (Å²) in [5.41, 5.74) is 2.96. The minimum Gasteiger partial charge on any atom is -0.208 e. The molecule has 0 aliphatic heterocycles. The van der Waals surface area contributed by atoms with E-state index in [9.17, 15) is 0 Å². The van der Waals surface area contributed by atoms with E-state index < -0.39 is 0 Å². The fourth-order valence-electron chi connectivity index (χ4n) is 4.66. The molecule has 0 aliphatic rings. The van der Waals surface area contributed by atoms with Gasteiger partial charge < -0.3 is 0 Å². The molecule has 0 spiro atoms. The lowest BCUT2D eigenvalue weighted by Gasteiger charge is -2.10. The SMILES string of the molecule is c1ccc(-c2nc(-c3ccccc3)nc(-c3cccc4c3ccc3c5ccccc5sc43)n2)cc1. The second kappa shape index (κ2) is 8.12. The molecule has 0 bridgehead atoms. The van der Waals surface area contributed by atoms with Crippen molar-refractivity contribution >= 4 is 42.3 Å². The summed E-state index contributed by atoms with van der Waals surface area (Å²) in [7, 11) is 0. The van der Waals surface area contributed by atoms with E-state index in [0.29, 0.717) is 17.5 Å². The van der Waals surface area contributed by atoms with E-state index in [1.54, 1.807) is 0 Å². The fourth-order valence-corrected chi connectivity index (χ4v) is 5.89. The lowest BCUT2D eigenvalue weighted by Crippen LogP contribution is -2.00. The highest BCUT2D eigenvalue weighted by molar-refractivity contribution is 7.26. The predicted molar refractivity (Wildman–Crippen MR) is 147 cm³/mol. The minimum atomic E-state index is 0.675. The van der Waals surface area contributed by atoms with Crippen molar-refractivity contribution in [2.75, 3.05) is 0 Å². The number of nitrogens with zero attached hydrogens (tertiary/aromatic N) is 3. The summed E-state index contributed by atoms with van der Waals surface area (Å²) in [6.45, 7) is 0. The van der Waals surface area contributed by atoms with E-state index in [0.717, 1.165) is 22.1 Å². The zero-order valence-electron chi connectivity index (χ0n) is 18.7. The van der Waals surface area contributed by atoms with Crippen LogP contribution >= 0.6 is 11.3 Å². The van der Waals surface area contributed by atoms with Crippen molar-refractivity contribution in [2.45, 2.75) is 0 Å². The molecule has 3 nitrogen and oxygen atoms in total. The normalized spacial score (nSPS) is 11.4. The van der Waals surface area contributed by atoms with Crippen LogP contribution in [0.15, 0.2) is 115 Å². The first-order valence-corrected chi connectivity index (χ1v) is 12.4. The molecule has 0 amide bonds. The van der Waals surface area contributed by atoms with Gasteiger partial charge in [0, 0.05) is 42.2 Å². The van der Waals surface area contributed by atoms with Crippen molar-refractivity contribution in [1.29, 1.82) is 0 Å². The Balaban J connectivity index is 1.50. The van der Waals surface area contributed by atoms with Crippen LogP contribution in [0.3, 0.4) is 0 Å². The molecule has 0 unspecified atom stereocenters. The van der Waals surface area contributed by atoms with Crippen LogP contribution in [0.1, 0.15) is 0 Å². The summed E-state index contributed by atoms with van der Waals surface area (Å²) >= 11 is 1.84. The Morgan fingerprint density at radius 2 is 0.943 bits per heavy atom. The predicted octanol–water partition coefficient (Wildman–Crippen LogP) is 8.39. The molecule has 0 radical (unpaired) electrons. The highest BCUT2D eigenvalue weighted by Crippen LogP contribution is 2.40. The number of thiophene rings is 1. The van der Waals surface area contributed by atoms with Crippen LogP contribution in [0.4, 0.5) is 0 Å². The van der Waals surface area contributed by atoms with E-state index >= 15 is 0 Å². The van der Waals surface area contributed by atoms with Crippen LogP contribution < -0.4 is 0 Å². The van der Waals surface area contributed by atoms with Gasteiger partial charge in [-0.25, -0.2) is 15.0 Å². The van der Waals surface area contributed by atoms with Crippen molar-refractivity contribution in [2.24, 2.45) is 0 Å². The minimum absolute atomic E-state index is 0.675. The largest absolute Gasteiger partial charge is 0.208 e. The Bertz CT molecular complexity index is 1780. The third-order valence-electron chi connectivity index (χ3n) is 6.34. The lowest BCUT2D eigenvalue weighted by atomic mass is 10.0. The molecule has 0 saturated heterocycles. The quantitative estimate of drug-likeness (QED) is 0.263. The maximum atomic E-state index is 4.95. The van der Waals surface area contributed by atoms with Crippen molar-refractivity contribution in [1.82, 2.24) is 15.0 Å². The zero-order valence-corrected chi connectivity index (χ0v) is 19.5. The Labute approximate surface area is 206 Å². The second-order valence-electron chi connectivity index (χ2n) is 8.48. The first-order valence-electron chi connectivity index (χ1n) is 11.6. The van der Waals surface area contributed by atoms with E-state index in [4.69, 9.17) is 15.0 Å². The van der Waals surface area contributed by atoms with Crippen LogP contribution in [-0.2, 0) is 0 Å². The third kappa shape index (κ3) is 3.38. The van der Waals surface area contributed by atoms with Crippen molar-refractivity contribution in [3.63, 3.8) is 0 Å². The van der Waals surface area contributed by atoms with Gasteiger partial charge in [-0.3, -0.25) is 0 Å². The summed E-state index contributed by atoms with van der Waals surface area (Å²) in [5, 5.41) is 4.97. The van der Waals surface area contributed by atoms with E-state index in [1.165, 1.54) is 25.6 Å². The van der Waals surface area contributed by atoms with Gasteiger partial charge in [0.15, 0.2) is 17.5 Å². The molecule has 164 valence electrons. The van der Waals surface area contributed by atoms with E-state index in [2.05, 4.69) is 54.6 Å². The Morgan fingerprint density at radius 1 is 0.400 bits per heavy atom. The molecule has 0 aliphatic carbocycles. The van der Waals surface area contributed by atoms with Crippen molar-refractivity contribution < 1.29 is 0 Å². The van der Waals surface area contributed by atoms with Crippen LogP contribution in [0, 0.1) is 0 Å². The third-order valence-corrected chi connectivity index (χ3v) is 7.56. The van der Waals surface area contributed by atoms with E-state index in [-0.39, 0.29) is 0 Å². The fraction of sp³-hybridized carbons (Fsp3) is 0. The van der Waals surface area contributed by atoms with Crippen LogP contribution in [0.5, 0.6) is 0 Å². The second-order valence-corrected chi connectivity index (χ2v) is 9.53. The standard InChI is InChI=1S/C31H19N3S/c1-3-10-20(11-4-1)29-32-30(21-12-5-2-6-13-21)34-31(33-29)26-16-9-15-24-22(26)18-19-25-23-14-7-8-17-27(23)35-28(24)25/h1-19H. The zero-order chi connectivity index (χ0) is 23.2. The van der Waals surface area contributed by atoms with Crippen molar-refractivity contribution in [3.05, 3.63) is 115 Å². The van der Waals surface area contributed by atoms with Gasteiger partial charge in [-0.15, -0.1) is 11.3 Å². The molecule has 7 rings (SSSR count). The summed E-state index contributed by atoms with van der Waals surface area (Å²) in [6, 6.07) is 39.7. The highest BCUT2D eigenvalue weighted by atomic mass is 32.1. The Kier molecular flexibility index (Phi) is 4.64. The molecule has 7 aromatic rings. The van der Waals surface area contributed by atoms with E-state index in [1.807, 2.05) is 72.0 Å². The lowest BCUT2D eigenvalue weighted by molar-refractivity contribution is 1.08. The molecule has 5 aromatic carbocycles. The molecule has 4 heteroatoms. The number of hydrogen-bond donors (Lipinski definition) is 0. The summed E-state index contributed by atoms with van der Waals surface area (Å²) in [5.74, 6) is 2.03. The molecular weight excluding hydrogens is 446 g/mol. The smallest absolute Gasteiger partial charge is 0.164 e. The Morgan fingerprint density at radius 3 is 1.66 bits per heavy atom. The van der Waals surface area contributed by atoms with Crippen LogP contribution in [-0.4, -0.2) is 15.0 Å². The molecular formula is C31H19N3S. The maximum Gasteiger partial charge on any atom is 0.164 e. The topological polar surface area (TPSA) is 38.7 Å².